The first-order chi connectivity index (χ1) is 11.0. The van der Waals surface area contributed by atoms with Crippen LogP contribution in [0.15, 0.2) is 12.1 Å². The molecule has 2 atom stereocenters. The summed E-state index contributed by atoms with van der Waals surface area (Å²) >= 11 is 4.99. The van der Waals surface area contributed by atoms with E-state index in [0.717, 1.165) is 32.1 Å². The van der Waals surface area contributed by atoms with Crippen molar-refractivity contribution in [3.63, 3.8) is 0 Å². The fourth-order valence-corrected chi connectivity index (χ4v) is 3.51. The molecule has 0 bridgehead atoms. The summed E-state index contributed by atoms with van der Waals surface area (Å²) in [5, 5.41) is 12.6. The Hall–Kier alpha value is -1.73. The number of aliphatic hydroxyl groups is 1. The second-order valence-electron chi connectivity index (χ2n) is 6.11. The average Bonchev–Trinajstić information content (AvgIpc) is 3.07. The molecule has 1 heterocycles. The third-order valence-corrected chi connectivity index (χ3v) is 4.69. The van der Waals surface area contributed by atoms with Crippen LogP contribution in [-0.2, 0) is 0 Å². The molecule has 23 heavy (non-hydrogen) atoms. The van der Waals surface area contributed by atoms with Gasteiger partial charge in [0.2, 0.25) is 0 Å². The van der Waals surface area contributed by atoms with Gasteiger partial charge in [-0.1, -0.05) is 6.42 Å². The highest BCUT2D eigenvalue weighted by atomic mass is 32.1. The standard InChI is InChI=1S/C16H20FN3O2S/c17-10-7-11(14-12(8-10)19-16(23)20-14)15(22)18-6-2-4-9-3-1-5-13(9)21/h7-9,13,21H,1-6H2,(H,18,22)(H2,19,20,23)/t9-,13+/m1/s1. The highest BCUT2D eigenvalue weighted by molar-refractivity contribution is 7.71. The molecule has 0 unspecified atom stereocenters. The highest BCUT2D eigenvalue weighted by Crippen LogP contribution is 2.29. The fraction of sp³-hybridized carbons (Fsp3) is 0.500. The summed E-state index contributed by atoms with van der Waals surface area (Å²) in [4.78, 5) is 18.0. The number of rotatable bonds is 5. The summed E-state index contributed by atoms with van der Waals surface area (Å²) in [5.74, 6) is -0.470. The van der Waals surface area contributed by atoms with Gasteiger partial charge in [0.1, 0.15) is 5.82 Å². The summed E-state index contributed by atoms with van der Waals surface area (Å²) in [7, 11) is 0. The molecule has 1 amide bonds. The predicted octanol–water partition coefficient (Wildman–Crippen LogP) is 3.04. The van der Waals surface area contributed by atoms with Gasteiger partial charge in [-0.3, -0.25) is 4.79 Å². The molecule has 1 saturated carbocycles. The molecule has 2 aromatic rings. The molecule has 1 aliphatic carbocycles. The minimum atomic E-state index is -0.484. The minimum Gasteiger partial charge on any atom is -0.393 e. The van der Waals surface area contributed by atoms with E-state index in [1.165, 1.54) is 12.1 Å². The molecule has 0 aliphatic heterocycles. The maximum Gasteiger partial charge on any atom is 0.253 e. The van der Waals surface area contributed by atoms with Crippen molar-refractivity contribution in [2.45, 2.75) is 38.2 Å². The van der Waals surface area contributed by atoms with E-state index in [-0.39, 0.29) is 17.6 Å². The lowest BCUT2D eigenvalue weighted by Gasteiger charge is -2.14. The molecule has 5 nitrogen and oxygen atoms in total. The lowest BCUT2D eigenvalue weighted by molar-refractivity contribution is 0.0950. The molecule has 1 fully saturated rings. The van der Waals surface area contributed by atoms with Gasteiger partial charge in [0.15, 0.2) is 4.77 Å². The van der Waals surface area contributed by atoms with E-state index in [1.807, 2.05) is 0 Å². The summed E-state index contributed by atoms with van der Waals surface area (Å²) in [6.07, 6.45) is 4.51. The van der Waals surface area contributed by atoms with Crippen molar-refractivity contribution < 1.29 is 14.3 Å². The van der Waals surface area contributed by atoms with Crippen molar-refractivity contribution >= 4 is 29.2 Å². The summed E-state index contributed by atoms with van der Waals surface area (Å²) in [6, 6.07) is 2.51. The van der Waals surface area contributed by atoms with Crippen molar-refractivity contribution in [1.29, 1.82) is 0 Å². The van der Waals surface area contributed by atoms with Gasteiger partial charge < -0.3 is 20.4 Å². The first-order valence-corrected chi connectivity index (χ1v) is 8.33. The van der Waals surface area contributed by atoms with E-state index in [1.54, 1.807) is 0 Å². The topological polar surface area (TPSA) is 80.9 Å². The van der Waals surface area contributed by atoms with Gasteiger partial charge in [-0.15, -0.1) is 0 Å². The molecule has 1 aliphatic rings. The number of aromatic amines is 2. The van der Waals surface area contributed by atoms with E-state index in [2.05, 4.69) is 15.3 Å². The van der Waals surface area contributed by atoms with Crippen LogP contribution < -0.4 is 5.32 Å². The lowest BCUT2D eigenvalue weighted by atomic mass is 10.00. The van der Waals surface area contributed by atoms with E-state index in [9.17, 15) is 14.3 Å². The second-order valence-corrected chi connectivity index (χ2v) is 6.52. The second kappa shape index (κ2) is 6.80. The molecule has 124 valence electrons. The maximum absolute atomic E-state index is 13.6. The number of imidazole rings is 1. The first-order valence-electron chi connectivity index (χ1n) is 7.92. The summed E-state index contributed by atoms with van der Waals surface area (Å²) < 4.78 is 14.0. The molecule has 0 spiro atoms. The smallest absolute Gasteiger partial charge is 0.253 e. The Morgan fingerprint density at radius 1 is 1.39 bits per heavy atom. The lowest BCUT2D eigenvalue weighted by Crippen LogP contribution is -2.25. The molecular weight excluding hydrogens is 317 g/mol. The van der Waals surface area contributed by atoms with Crippen LogP contribution in [0.4, 0.5) is 4.39 Å². The molecule has 0 radical (unpaired) electrons. The number of aliphatic hydroxyl groups excluding tert-OH is 1. The summed E-state index contributed by atoms with van der Waals surface area (Å²) in [6.45, 7) is 0.505. The zero-order chi connectivity index (χ0) is 16.4. The van der Waals surface area contributed by atoms with Crippen LogP contribution in [-0.4, -0.2) is 33.6 Å². The van der Waals surface area contributed by atoms with Crippen LogP contribution in [0, 0.1) is 16.5 Å². The Kier molecular flexibility index (Phi) is 4.77. The third kappa shape index (κ3) is 3.61. The van der Waals surface area contributed by atoms with Gasteiger partial charge in [-0.2, -0.15) is 0 Å². The number of carbonyl (C=O) groups is 1. The molecule has 3 rings (SSSR count). The Labute approximate surface area is 138 Å². The number of H-pyrrole nitrogens is 2. The number of halogens is 1. The van der Waals surface area contributed by atoms with Crippen molar-refractivity contribution in [2.24, 2.45) is 5.92 Å². The minimum absolute atomic E-state index is 0.200. The number of amides is 1. The maximum atomic E-state index is 13.6. The van der Waals surface area contributed by atoms with Crippen LogP contribution in [0.25, 0.3) is 11.0 Å². The number of carbonyl (C=O) groups excluding carboxylic acids is 1. The zero-order valence-electron chi connectivity index (χ0n) is 12.7. The predicted molar refractivity (Wildman–Crippen MR) is 88.4 cm³/mol. The van der Waals surface area contributed by atoms with Crippen molar-refractivity contribution in [3.05, 3.63) is 28.3 Å². The average molecular weight is 337 g/mol. The Bertz CT molecular complexity index is 770. The Balaban J connectivity index is 1.61. The molecule has 1 aromatic heterocycles. The van der Waals surface area contributed by atoms with Crippen molar-refractivity contribution in [2.75, 3.05) is 6.54 Å². The van der Waals surface area contributed by atoms with Gasteiger partial charge in [-0.05, 0) is 56.0 Å². The Morgan fingerprint density at radius 2 is 2.22 bits per heavy atom. The Morgan fingerprint density at radius 3 is 2.96 bits per heavy atom. The van der Waals surface area contributed by atoms with E-state index in [4.69, 9.17) is 12.2 Å². The van der Waals surface area contributed by atoms with Crippen LogP contribution in [0.1, 0.15) is 42.5 Å². The zero-order valence-corrected chi connectivity index (χ0v) is 13.5. The van der Waals surface area contributed by atoms with Crippen molar-refractivity contribution in [3.8, 4) is 0 Å². The van der Waals surface area contributed by atoms with E-state index < -0.39 is 5.82 Å². The van der Waals surface area contributed by atoms with Crippen molar-refractivity contribution in [1.82, 2.24) is 15.3 Å². The molecule has 7 heteroatoms. The van der Waals surface area contributed by atoms with Gasteiger partial charge >= 0.3 is 0 Å². The van der Waals surface area contributed by atoms with Crippen LogP contribution in [0.2, 0.25) is 0 Å². The number of hydrogen-bond donors (Lipinski definition) is 4. The van der Waals surface area contributed by atoms with Crippen LogP contribution in [0.5, 0.6) is 0 Å². The van der Waals surface area contributed by atoms with Gasteiger partial charge in [0, 0.05) is 6.54 Å². The van der Waals surface area contributed by atoms with Gasteiger partial charge in [0.05, 0.1) is 22.7 Å². The SMILES string of the molecule is O=C(NCCC[C@H]1CCC[C@@H]1O)c1cc(F)cc2[nH]c(=S)[nH]c12. The summed E-state index contributed by atoms with van der Waals surface area (Å²) in [5.41, 5.74) is 1.24. The number of fused-ring (bicyclic) bond motifs is 1. The van der Waals surface area contributed by atoms with Crippen LogP contribution in [0.3, 0.4) is 0 Å². The molecule has 1 aromatic carbocycles. The monoisotopic (exact) mass is 337 g/mol. The molecular formula is C16H20FN3O2S. The van der Waals surface area contributed by atoms with Crippen LogP contribution >= 0.6 is 12.2 Å². The number of benzene rings is 1. The van der Waals surface area contributed by atoms with E-state index in [0.29, 0.717) is 28.3 Å². The van der Waals surface area contributed by atoms with Gasteiger partial charge in [-0.25, -0.2) is 4.39 Å². The number of aromatic nitrogens is 2. The van der Waals surface area contributed by atoms with E-state index >= 15 is 0 Å². The fourth-order valence-electron chi connectivity index (χ4n) is 3.30. The largest absolute Gasteiger partial charge is 0.393 e. The molecule has 0 saturated heterocycles. The molecule has 4 N–H and O–H groups in total. The first kappa shape index (κ1) is 16.1. The number of hydrogen-bond acceptors (Lipinski definition) is 3. The number of nitrogens with one attached hydrogen (secondary N) is 3. The quantitative estimate of drug-likeness (QED) is 0.500. The highest BCUT2D eigenvalue weighted by Gasteiger charge is 2.24. The normalized spacial score (nSPS) is 21.0. The third-order valence-electron chi connectivity index (χ3n) is 4.49. The van der Waals surface area contributed by atoms with Gasteiger partial charge in [0.25, 0.3) is 5.91 Å².